The molecule has 2 aromatic rings. The predicted molar refractivity (Wildman–Crippen MR) is 103 cm³/mol. The number of anilines is 1. The minimum absolute atomic E-state index is 0.0429. The molecule has 2 aliphatic heterocycles. The van der Waals surface area contributed by atoms with Gasteiger partial charge in [-0.25, -0.2) is 0 Å². The van der Waals surface area contributed by atoms with Crippen LogP contribution in [0.4, 0.5) is 5.82 Å². The molecular weight excluding hydrogens is 360 g/mol. The molecule has 4 rings (SSSR count). The number of rotatable bonds is 2. The minimum Gasteiger partial charge on any atom is -0.384 e. The maximum Gasteiger partial charge on any atom is 0.262 e. The average Bonchev–Trinajstić information content (AvgIpc) is 2.96. The number of pyridine rings is 1. The summed E-state index contributed by atoms with van der Waals surface area (Å²) in [5, 5.41) is 2.14. The molecule has 8 nitrogen and oxygen atoms in total. The fraction of sp³-hybridized carbons (Fsp3) is 0.300. The molecule has 0 unspecified atom stereocenters. The molecule has 1 aromatic heterocycles. The first kappa shape index (κ1) is 18.0. The number of hydrogen-bond acceptors (Lipinski definition) is 5. The van der Waals surface area contributed by atoms with E-state index in [1.54, 1.807) is 29.2 Å². The highest BCUT2D eigenvalue weighted by Crippen LogP contribution is 2.26. The van der Waals surface area contributed by atoms with E-state index in [-0.39, 0.29) is 22.9 Å². The van der Waals surface area contributed by atoms with Crippen LogP contribution >= 0.6 is 0 Å². The van der Waals surface area contributed by atoms with Gasteiger partial charge in [-0.05, 0) is 30.9 Å². The van der Waals surface area contributed by atoms with Gasteiger partial charge in [0.1, 0.15) is 5.82 Å². The molecule has 0 spiro atoms. The molecule has 144 valence electrons. The molecule has 3 heterocycles. The van der Waals surface area contributed by atoms with E-state index >= 15 is 0 Å². The first-order valence-corrected chi connectivity index (χ1v) is 9.18. The maximum atomic E-state index is 13.1. The van der Waals surface area contributed by atoms with Crippen LogP contribution in [-0.2, 0) is 0 Å². The Morgan fingerprint density at radius 1 is 1.11 bits per heavy atom. The first-order chi connectivity index (χ1) is 13.4. The summed E-state index contributed by atoms with van der Waals surface area (Å²) in [6.07, 6.45) is 1.86. The summed E-state index contributed by atoms with van der Waals surface area (Å²) in [4.78, 5) is 51.5. The Labute approximate surface area is 160 Å². The number of benzene rings is 1. The molecule has 3 amide bonds. The third-order valence-corrected chi connectivity index (χ3v) is 5.40. The summed E-state index contributed by atoms with van der Waals surface area (Å²) in [6.45, 7) is 3.46. The summed E-state index contributed by atoms with van der Waals surface area (Å²) >= 11 is 0. The largest absolute Gasteiger partial charge is 0.384 e. The van der Waals surface area contributed by atoms with Crippen LogP contribution in [0.2, 0.25) is 0 Å². The summed E-state index contributed by atoms with van der Waals surface area (Å²) < 4.78 is 1.12. The maximum absolute atomic E-state index is 13.1. The molecule has 0 aliphatic carbocycles. The number of nitrogens with one attached hydrogen (secondary N) is 1. The molecule has 0 atom stereocenters. The smallest absolute Gasteiger partial charge is 0.262 e. The fourth-order valence-corrected chi connectivity index (χ4v) is 3.76. The third kappa shape index (κ3) is 2.77. The van der Waals surface area contributed by atoms with Crippen LogP contribution in [0.5, 0.6) is 0 Å². The molecule has 1 saturated heterocycles. The van der Waals surface area contributed by atoms with E-state index in [1.807, 2.05) is 0 Å². The quantitative estimate of drug-likeness (QED) is 0.759. The number of carbonyl (C=O) groups excluding carboxylic acids is 3. The van der Waals surface area contributed by atoms with Crippen molar-refractivity contribution in [2.24, 2.45) is 5.92 Å². The fourth-order valence-electron chi connectivity index (χ4n) is 3.76. The molecule has 0 radical (unpaired) electrons. The Morgan fingerprint density at radius 3 is 2.50 bits per heavy atom. The molecule has 1 fully saturated rings. The predicted octanol–water partition coefficient (Wildman–Crippen LogP) is 1.18. The van der Waals surface area contributed by atoms with E-state index in [0.717, 1.165) is 23.5 Å². The number of piperidine rings is 1. The Bertz CT molecular complexity index is 1060. The van der Waals surface area contributed by atoms with E-state index in [2.05, 4.69) is 12.2 Å². The third-order valence-electron chi connectivity index (χ3n) is 5.40. The second kappa shape index (κ2) is 6.63. The SMILES string of the molecule is CC1CCN(C(=O)c2ccccc2-n2c(N)c3c(cc2=O)C(=O)NC3=O)CC1. The second-order valence-electron chi connectivity index (χ2n) is 7.27. The van der Waals surface area contributed by atoms with Gasteiger partial charge in [-0.2, -0.15) is 0 Å². The van der Waals surface area contributed by atoms with Crippen molar-refractivity contribution in [2.75, 3.05) is 18.8 Å². The molecule has 8 heteroatoms. The van der Waals surface area contributed by atoms with E-state index in [0.29, 0.717) is 30.3 Å². The lowest BCUT2D eigenvalue weighted by Gasteiger charge is -2.31. The van der Waals surface area contributed by atoms with E-state index < -0.39 is 17.4 Å². The van der Waals surface area contributed by atoms with Crippen molar-refractivity contribution >= 4 is 23.5 Å². The van der Waals surface area contributed by atoms with Crippen molar-refractivity contribution in [3.05, 3.63) is 57.4 Å². The number of nitrogen functional groups attached to an aromatic ring is 1. The molecule has 3 N–H and O–H groups in total. The van der Waals surface area contributed by atoms with Crippen molar-refractivity contribution in [1.82, 2.24) is 14.8 Å². The van der Waals surface area contributed by atoms with Crippen LogP contribution < -0.4 is 16.6 Å². The van der Waals surface area contributed by atoms with Gasteiger partial charge in [-0.1, -0.05) is 19.1 Å². The molecule has 1 aromatic carbocycles. The first-order valence-electron chi connectivity index (χ1n) is 9.18. The Kier molecular flexibility index (Phi) is 4.26. The Hall–Kier alpha value is -3.42. The van der Waals surface area contributed by atoms with Gasteiger partial charge < -0.3 is 10.6 Å². The number of para-hydroxylation sites is 1. The molecule has 28 heavy (non-hydrogen) atoms. The summed E-state index contributed by atoms with van der Waals surface area (Å²) in [5.41, 5.74) is 6.07. The van der Waals surface area contributed by atoms with Gasteiger partial charge in [0.05, 0.1) is 22.4 Å². The number of carbonyl (C=O) groups is 3. The van der Waals surface area contributed by atoms with Crippen LogP contribution in [0.1, 0.15) is 50.8 Å². The van der Waals surface area contributed by atoms with Gasteiger partial charge >= 0.3 is 0 Å². The van der Waals surface area contributed by atoms with Gasteiger partial charge in [0.25, 0.3) is 23.3 Å². The van der Waals surface area contributed by atoms with Gasteiger partial charge in [0, 0.05) is 19.2 Å². The van der Waals surface area contributed by atoms with Crippen LogP contribution in [0.15, 0.2) is 35.1 Å². The number of likely N-dealkylation sites (tertiary alicyclic amines) is 1. The lowest BCUT2D eigenvalue weighted by molar-refractivity contribution is 0.0696. The van der Waals surface area contributed by atoms with E-state index in [1.165, 1.54) is 0 Å². The van der Waals surface area contributed by atoms with Crippen molar-refractivity contribution in [2.45, 2.75) is 19.8 Å². The number of imide groups is 1. The molecule has 0 saturated carbocycles. The van der Waals surface area contributed by atoms with Gasteiger partial charge in [-0.15, -0.1) is 0 Å². The van der Waals surface area contributed by atoms with Crippen LogP contribution in [-0.4, -0.2) is 40.3 Å². The normalized spacial score (nSPS) is 16.8. The highest BCUT2D eigenvalue weighted by molar-refractivity contribution is 6.23. The van der Waals surface area contributed by atoms with E-state index in [9.17, 15) is 19.2 Å². The lowest BCUT2D eigenvalue weighted by atomic mass is 9.98. The number of nitrogens with two attached hydrogens (primary N) is 1. The van der Waals surface area contributed by atoms with Crippen molar-refractivity contribution in [3.8, 4) is 5.69 Å². The van der Waals surface area contributed by atoms with Gasteiger partial charge in [0.2, 0.25) is 0 Å². The van der Waals surface area contributed by atoms with Crippen molar-refractivity contribution in [1.29, 1.82) is 0 Å². The molecule has 2 aliphatic rings. The van der Waals surface area contributed by atoms with Gasteiger partial charge in [-0.3, -0.25) is 29.1 Å². The van der Waals surface area contributed by atoms with Crippen LogP contribution in [0, 0.1) is 5.92 Å². The zero-order valence-electron chi connectivity index (χ0n) is 15.4. The lowest BCUT2D eigenvalue weighted by Crippen LogP contribution is -2.38. The second-order valence-corrected chi connectivity index (χ2v) is 7.27. The van der Waals surface area contributed by atoms with Crippen molar-refractivity contribution in [3.63, 3.8) is 0 Å². The number of aromatic nitrogens is 1. The summed E-state index contributed by atoms with van der Waals surface area (Å²) in [5.74, 6) is -1.07. The van der Waals surface area contributed by atoms with E-state index in [4.69, 9.17) is 5.73 Å². The number of fused-ring (bicyclic) bond motifs is 1. The van der Waals surface area contributed by atoms with Crippen LogP contribution in [0.3, 0.4) is 0 Å². The standard InChI is InChI=1S/C20H20N4O4/c1-11-6-8-23(9-7-11)20(28)12-4-2-3-5-14(12)24-15(25)10-13-16(17(24)21)19(27)22-18(13)26/h2-5,10-11H,6-9,21H2,1H3,(H,22,26,27). The minimum atomic E-state index is -0.653. The zero-order chi connectivity index (χ0) is 20.0. The molecule has 0 bridgehead atoms. The monoisotopic (exact) mass is 380 g/mol. The highest BCUT2D eigenvalue weighted by atomic mass is 16.2. The topological polar surface area (TPSA) is 114 Å². The molecular formula is C20H20N4O4. The van der Waals surface area contributed by atoms with Crippen molar-refractivity contribution < 1.29 is 14.4 Å². The Morgan fingerprint density at radius 2 is 1.79 bits per heavy atom. The number of nitrogens with zero attached hydrogens (tertiary/aromatic N) is 2. The number of hydrogen-bond donors (Lipinski definition) is 2. The Balaban J connectivity index is 1.83. The number of amides is 3. The van der Waals surface area contributed by atoms with Crippen LogP contribution in [0.25, 0.3) is 5.69 Å². The van der Waals surface area contributed by atoms with Gasteiger partial charge in [0.15, 0.2) is 0 Å². The summed E-state index contributed by atoms with van der Waals surface area (Å²) in [7, 11) is 0. The average molecular weight is 380 g/mol. The zero-order valence-corrected chi connectivity index (χ0v) is 15.4. The highest BCUT2D eigenvalue weighted by Gasteiger charge is 2.33. The summed E-state index contributed by atoms with van der Waals surface area (Å²) in [6, 6.07) is 7.73.